The van der Waals surface area contributed by atoms with Gasteiger partial charge in [0.1, 0.15) is 5.76 Å². The van der Waals surface area contributed by atoms with Gasteiger partial charge in [-0.15, -0.1) is 13.2 Å². The minimum absolute atomic E-state index is 0.326. The van der Waals surface area contributed by atoms with E-state index >= 15 is 0 Å². The molecule has 0 fully saturated rings. The molecular formula is C8H11F3N2O. The molecule has 0 aromatic heterocycles. The highest BCUT2D eigenvalue weighted by Crippen LogP contribution is 2.25. The second kappa shape index (κ2) is 3.29. The van der Waals surface area contributed by atoms with Gasteiger partial charge in [0.25, 0.3) is 0 Å². The maximum atomic E-state index is 11.8. The van der Waals surface area contributed by atoms with E-state index in [0.717, 1.165) is 12.2 Å². The Morgan fingerprint density at radius 3 is 2.50 bits per heavy atom. The first-order valence-electron chi connectivity index (χ1n) is 3.92. The van der Waals surface area contributed by atoms with E-state index in [2.05, 4.69) is 4.74 Å². The lowest BCUT2D eigenvalue weighted by Crippen LogP contribution is -2.51. The Morgan fingerprint density at radius 2 is 2.07 bits per heavy atom. The fourth-order valence-corrected chi connectivity index (χ4v) is 0.987. The van der Waals surface area contributed by atoms with E-state index in [4.69, 9.17) is 11.5 Å². The average molecular weight is 208 g/mol. The summed E-state index contributed by atoms with van der Waals surface area (Å²) >= 11 is 0. The van der Waals surface area contributed by atoms with E-state index in [9.17, 15) is 13.2 Å². The third kappa shape index (κ3) is 2.74. The molecule has 2 unspecified atom stereocenters. The van der Waals surface area contributed by atoms with E-state index in [-0.39, 0.29) is 5.76 Å². The Kier molecular flexibility index (Phi) is 2.60. The van der Waals surface area contributed by atoms with Gasteiger partial charge < -0.3 is 16.2 Å². The molecule has 0 radical (unpaired) electrons. The molecule has 0 saturated carbocycles. The summed E-state index contributed by atoms with van der Waals surface area (Å²) in [5, 5.41) is 0. The number of rotatable bonds is 1. The second-order valence-corrected chi connectivity index (χ2v) is 3.34. The highest BCUT2D eigenvalue weighted by Gasteiger charge is 2.34. The smallest absolute Gasteiger partial charge is 0.406 e. The van der Waals surface area contributed by atoms with Gasteiger partial charge in [0.2, 0.25) is 0 Å². The van der Waals surface area contributed by atoms with Crippen LogP contribution in [0.15, 0.2) is 24.0 Å². The van der Waals surface area contributed by atoms with Crippen molar-refractivity contribution in [2.24, 2.45) is 11.5 Å². The number of hydrogen-bond acceptors (Lipinski definition) is 3. The molecular weight excluding hydrogens is 197 g/mol. The third-order valence-corrected chi connectivity index (χ3v) is 1.90. The van der Waals surface area contributed by atoms with Crippen LogP contribution >= 0.6 is 0 Å². The van der Waals surface area contributed by atoms with Crippen molar-refractivity contribution in [1.82, 2.24) is 0 Å². The zero-order valence-corrected chi connectivity index (χ0v) is 7.51. The van der Waals surface area contributed by atoms with Crippen LogP contribution in [0.3, 0.4) is 0 Å². The summed E-state index contributed by atoms with van der Waals surface area (Å²) in [5.74, 6) is -0.326. The van der Waals surface area contributed by atoms with Gasteiger partial charge in [0.05, 0.1) is 5.54 Å². The number of ether oxygens (including phenoxy) is 1. The first kappa shape index (κ1) is 11.1. The first-order chi connectivity index (χ1) is 6.21. The van der Waals surface area contributed by atoms with Crippen LogP contribution in [-0.4, -0.2) is 17.9 Å². The number of halogens is 3. The molecule has 0 spiro atoms. The average Bonchev–Trinajstić information content (AvgIpc) is 1.95. The Hall–Kier alpha value is -1.01. The van der Waals surface area contributed by atoms with Gasteiger partial charge in [-0.05, 0) is 19.1 Å². The van der Waals surface area contributed by atoms with Crippen molar-refractivity contribution >= 4 is 0 Å². The highest BCUT2D eigenvalue weighted by atomic mass is 19.4. The lowest BCUT2D eigenvalue weighted by Gasteiger charge is -2.29. The van der Waals surface area contributed by atoms with Crippen LogP contribution in [0.25, 0.3) is 0 Å². The molecule has 0 amide bonds. The molecule has 0 bridgehead atoms. The Bertz CT molecular complexity index is 281. The molecule has 4 N–H and O–H groups in total. The Labute approximate surface area is 79.2 Å². The van der Waals surface area contributed by atoms with Crippen molar-refractivity contribution in [1.29, 1.82) is 0 Å². The first-order valence-corrected chi connectivity index (χ1v) is 3.92. The van der Waals surface area contributed by atoms with Crippen LogP contribution in [0.1, 0.15) is 6.92 Å². The quantitative estimate of drug-likeness (QED) is 0.676. The number of allylic oxidation sites excluding steroid dienone is 1. The second-order valence-electron chi connectivity index (χ2n) is 3.34. The summed E-state index contributed by atoms with van der Waals surface area (Å²) in [6.45, 7) is 1.62. The molecule has 0 aromatic carbocycles. The van der Waals surface area contributed by atoms with Crippen LogP contribution in [0.5, 0.6) is 0 Å². The van der Waals surface area contributed by atoms with Crippen LogP contribution in [0.4, 0.5) is 13.2 Å². The monoisotopic (exact) mass is 208 g/mol. The van der Waals surface area contributed by atoms with Gasteiger partial charge in [0, 0.05) is 6.04 Å². The molecule has 6 heteroatoms. The van der Waals surface area contributed by atoms with E-state index in [1.807, 2.05) is 0 Å². The normalized spacial score (nSPS) is 32.7. The Balaban J connectivity index is 2.73. The summed E-state index contributed by atoms with van der Waals surface area (Å²) in [5.41, 5.74) is 10.3. The lowest BCUT2D eigenvalue weighted by atomic mass is 9.89. The third-order valence-electron chi connectivity index (χ3n) is 1.90. The minimum atomic E-state index is -4.70. The molecule has 0 aromatic rings. The van der Waals surface area contributed by atoms with Crippen molar-refractivity contribution in [3.63, 3.8) is 0 Å². The molecule has 0 saturated heterocycles. The SMILES string of the molecule is CC1(N)C=CC(OC(F)(F)F)=CC1N. The topological polar surface area (TPSA) is 61.3 Å². The van der Waals surface area contributed by atoms with Gasteiger partial charge in [-0.3, -0.25) is 0 Å². The van der Waals surface area contributed by atoms with Crippen molar-refractivity contribution in [3.8, 4) is 0 Å². The Morgan fingerprint density at radius 1 is 1.50 bits per heavy atom. The van der Waals surface area contributed by atoms with Crippen molar-refractivity contribution in [3.05, 3.63) is 24.0 Å². The van der Waals surface area contributed by atoms with Crippen LogP contribution in [0, 0.1) is 0 Å². The van der Waals surface area contributed by atoms with E-state index < -0.39 is 17.9 Å². The molecule has 0 aliphatic heterocycles. The van der Waals surface area contributed by atoms with E-state index in [0.29, 0.717) is 0 Å². The van der Waals surface area contributed by atoms with Gasteiger partial charge in [-0.25, -0.2) is 0 Å². The van der Waals surface area contributed by atoms with Crippen molar-refractivity contribution < 1.29 is 17.9 Å². The summed E-state index contributed by atoms with van der Waals surface area (Å²) in [4.78, 5) is 0. The maximum Gasteiger partial charge on any atom is 0.573 e. The fraction of sp³-hybridized carbons (Fsp3) is 0.500. The maximum absolute atomic E-state index is 11.8. The fourth-order valence-electron chi connectivity index (χ4n) is 0.987. The summed E-state index contributed by atoms with van der Waals surface area (Å²) in [6, 6.07) is -0.690. The molecule has 3 nitrogen and oxygen atoms in total. The predicted octanol–water partition coefficient (Wildman–Crippen LogP) is 1.02. The molecule has 2 atom stereocenters. The standard InChI is InChI=1S/C8H11F3N2O/c1-7(13)3-2-5(4-6(7)12)14-8(9,10)11/h2-4,6H,12-13H2,1H3. The highest BCUT2D eigenvalue weighted by molar-refractivity contribution is 5.29. The molecule has 1 rings (SSSR count). The van der Waals surface area contributed by atoms with Crippen molar-refractivity contribution in [2.75, 3.05) is 0 Å². The van der Waals surface area contributed by atoms with Gasteiger partial charge >= 0.3 is 6.36 Å². The summed E-state index contributed by atoms with van der Waals surface area (Å²) < 4.78 is 39.1. The number of nitrogens with two attached hydrogens (primary N) is 2. The van der Waals surface area contributed by atoms with E-state index in [1.54, 1.807) is 6.92 Å². The molecule has 0 heterocycles. The van der Waals surface area contributed by atoms with Gasteiger partial charge in [-0.1, -0.05) is 6.08 Å². The number of hydrogen-bond donors (Lipinski definition) is 2. The molecule has 14 heavy (non-hydrogen) atoms. The van der Waals surface area contributed by atoms with Crippen LogP contribution in [-0.2, 0) is 4.74 Å². The molecule has 80 valence electrons. The van der Waals surface area contributed by atoms with Crippen molar-refractivity contribution in [2.45, 2.75) is 24.9 Å². The van der Waals surface area contributed by atoms with Crippen LogP contribution < -0.4 is 11.5 Å². The largest absolute Gasteiger partial charge is 0.573 e. The lowest BCUT2D eigenvalue weighted by molar-refractivity contribution is -0.303. The summed E-state index contributed by atoms with van der Waals surface area (Å²) in [7, 11) is 0. The van der Waals surface area contributed by atoms with Gasteiger partial charge in [-0.2, -0.15) is 0 Å². The van der Waals surface area contributed by atoms with E-state index in [1.165, 1.54) is 6.08 Å². The zero-order chi connectivity index (χ0) is 11.0. The minimum Gasteiger partial charge on any atom is -0.406 e. The van der Waals surface area contributed by atoms with Crippen LogP contribution in [0.2, 0.25) is 0 Å². The molecule has 1 aliphatic carbocycles. The summed E-state index contributed by atoms with van der Waals surface area (Å²) in [6.07, 6.45) is -0.999. The van der Waals surface area contributed by atoms with Gasteiger partial charge in [0.15, 0.2) is 0 Å². The number of alkyl halides is 3. The molecule has 1 aliphatic rings. The zero-order valence-electron chi connectivity index (χ0n) is 7.51. The predicted molar refractivity (Wildman–Crippen MR) is 44.9 cm³/mol.